The fraction of sp³-hybridized carbons (Fsp3) is 0.900. The standard InChI is InChI=1S/C30H48O/c1-19(2)20-11-14-27(5)17-18-29(7)21(25(20)27)9-10-23-28(6)15-13-24(31)26(3,4)22(28)12-16-30(23,29)8/h20-23,25H,1,9-18H2,2-8H3/t20-,21+,22?,23?,25?,27+,28-,29+,30+/m0/s1. The van der Waals surface area contributed by atoms with Gasteiger partial charge in [-0.15, -0.1) is 0 Å². The van der Waals surface area contributed by atoms with Crippen LogP contribution in [0.4, 0.5) is 0 Å². The van der Waals surface area contributed by atoms with Gasteiger partial charge in [-0.3, -0.25) is 4.79 Å². The predicted molar refractivity (Wildman–Crippen MR) is 130 cm³/mol. The number of carbonyl (C=O) groups is 1. The molecule has 9 atom stereocenters. The van der Waals surface area contributed by atoms with Gasteiger partial charge in [-0.2, -0.15) is 0 Å². The molecule has 5 fully saturated rings. The number of ketones is 1. The molecule has 0 radical (unpaired) electrons. The summed E-state index contributed by atoms with van der Waals surface area (Å²) >= 11 is 0. The van der Waals surface area contributed by atoms with Crippen LogP contribution in [0.1, 0.15) is 113 Å². The van der Waals surface area contributed by atoms with Gasteiger partial charge in [0.05, 0.1) is 0 Å². The van der Waals surface area contributed by atoms with Crippen LogP contribution in [0.5, 0.6) is 0 Å². The first-order chi connectivity index (χ1) is 14.3. The van der Waals surface area contributed by atoms with E-state index in [2.05, 4.69) is 55.0 Å². The third kappa shape index (κ3) is 2.59. The lowest BCUT2D eigenvalue weighted by molar-refractivity contribution is -0.232. The minimum atomic E-state index is -0.131. The van der Waals surface area contributed by atoms with E-state index < -0.39 is 0 Å². The Morgan fingerprint density at radius 3 is 2.19 bits per heavy atom. The van der Waals surface area contributed by atoms with Gasteiger partial charge in [0.15, 0.2) is 0 Å². The maximum atomic E-state index is 12.9. The van der Waals surface area contributed by atoms with Crippen molar-refractivity contribution in [1.82, 2.24) is 0 Å². The fourth-order valence-corrected chi connectivity index (χ4v) is 11.3. The molecule has 5 saturated carbocycles. The largest absolute Gasteiger partial charge is 0.299 e. The van der Waals surface area contributed by atoms with Crippen molar-refractivity contribution in [2.24, 2.45) is 56.7 Å². The average molecular weight is 425 g/mol. The highest BCUT2D eigenvalue weighted by Gasteiger charge is 2.70. The van der Waals surface area contributed by atoms with Gasteiger partial charge in [0.2, 0.25) is 0 Å². The topological polar surface area (TPSA) is 17.1 Å². The Balaban J connectivity index is 1.55. The summed E-state index contributed by atoms with van der Waals surface area (Å²) in [4.78, 5) is 12.9. The molecule has 0 bridgehead atoms. The normalized spacial score (nSPS) is 55.6. The van der Waals surface area contributed by atoms with Crippen LogP contribution in [-0.2, 0) is 4.79 Å². The van der Waals surface area contributed by atoms with Crippen molar-refractivity contribution >= 4 is 5.78 Å². The summed E-state index contributed by atoms with van der Waals surface area (Å²) in [6.45, 7) is 22.0. The van der Waals surface area contributed by atoms with E-state index in [9.17, 15) is 4.79 Å². The maximum absolute atomic E-state index is 12.9. The summed E-state index contributed by atoms with van der Waals surface area (Å²) < 4.78 is 0. The molecule has 1 nitrogen and oxygen atoms in total. The molecule has 0 amide bonds. The van der Waals surface area contributed by atoms with E-state index in [0.717, 1.165) is 36.5 Å². The molecule has 5 aliphatic rings. The molecule has 1 heteroatoms. The zero-order valence-electron chi connectivity index (χ0n) is 21.6. The molecular formula is C30H48O. The van der Waals surface area contributed by atoms with Gasteiger partial charge in [0, 0.05) is 11.8 Å². The Morgan fingerprint density at radius 1 is 0.806 bits per heavy atom. The Hall–Kier alpha value is -0.590. The van der Waals surface area contributed by atoms with Gasteiger partial charge in [0.1, 0.15) is 5.78 Å². The Kier molecular flexibility index (Phi) is 4.66. The second-order valence-electron chi connectivity index (χ2n) is 14.5. The molecule has 174 valence electrons. The van der Waals surface area contributed by atoms with Crippen molar-refractivity contribution in [3.8, 4) is 0 Å². The summed E-state index contributed by atoms with van der Waals surface area (Å²) in [7, 11) is 0. The molecule has 0 N–H and O–H groups in total. The molecule has 0 saturated heterocycles. The van der Waals surface area contributed by atoms with Crippen LogP contribution in [-0.4, -0.2) is 5.78 Å². The van der Waals surface area contributed by atoms with Crippen molar-refractivity contribution < 1.29 is 4.79 Å². The second-order valence-corrected chi connectivity index (χ2v) is 14.5. The molecule has 5 rings (SSSR count). The molecule has 0 aromatic carbocycles. The number of fused-ring (bicyclic) bond motifs is 7. The van der Waals surface area contributed by atoms with Crippen molar-refractivity contribution in [3.05, 3.63) is 12.2 Å². The lowest BCUT2D eigenvalue weighted by Crippen LogP contribution is -2.66. The van der Waals surface area contributed by atoms with Crippen LogP contribution in [0.3, 0.4) is 0 Å². The monoisotopic (exact) mass is 424 g/mol. The first kappa shape index (κ1) is 22.2. The zero-order chi connectivity index (χ0) is 22.6. The lowest BCUT2D eigenvalue weighted by atomic mass is 9.32. The second kappa shape index (κ2) is 6.50. The number of carbonyl (C=O) groups excluding carboxylic acids is 1. The van der Waals surface area contributed by atoms with E-state index in [0.29, 0.717) is 33.4 Å². The zero-order valence-corrected chi connectivity index (χ0v) is 21.6. The minimum absolute atomic E-state index is 0.131. The summed E-state index contributed by atoms with van der Waals surface area (Å²) in [6.07, 6.45) is 13.0. The van der Waals surface area contributed by atoms with Crippen molar-refractivity contribution in [2.75, 3.05) is 0 Å². The molecule has 0 aliphatic heterocycles. The van der Waals surface area contributed by atoms with Crippen LogP contribution in [0, 0.1) is 56.7 Å². The van der Waals surface area contributed by atoms with Gasteiger partial charge in [-0.25, -0.2) is 0 Å². The minimum Gasteiger partial charge on any atom is -0.299 e. The van der Waals surface area contributed by atoms with Gasteiger partial charge in [0.25, 0.3) is 0 Å². The van der Waals surface area contributed by atoms with E-state index in [1.165, 1.54) is 56.9 Å². The molecule has 0 heterocycles. The van der Waals surface area contributed by atoms with Crippen molar-refractivity contribution in [1.29, 1.82) is 0 Å². The third-order valence-electron chi connectivity index (χ3n) is 13.2. The first-order valence-electron chi connectivity index (χ1n) is 13.5. The highest BCUT2D eigenvalue weighted by atomic mass is 16.1. The van der Waals surface area contributed by atoms with Crippen LogP contribution >= 0.6 is 0 Å². The van der Waals surface area contributed by atoms with E-state index in [1.54, 1.807) is 0 Å². The predicted octanol–water partition coefficient (Wildman–Crippen LogP) is 8.23. The quantitative estimate of drug-likeness (QED) is 0.387. The first-order valence-corrected chi connectivity index (χ1v) is 13.5. The smallest absolute Gasteiger partial charge is 0.138 e. The molecule has 5 aliphatic carbocycles. The van der Waals surface area contributed by atoms with Crippen molar-refractivity contribution in [3.63, 3.8) is 0 Å². The summed E-state index contributed by atoms with van der Waals surface area (Å²) in [5.74, 6) is 4.33. The lowest BCUT2D eigenvalue weighted by Gasteiger charge is -2.72. The maximum Gasteiger partial charge on any atom is 0.138 e. The average Bonchev–Trinajstić information content (AvgIpc) is 3.04. The summed E-state index contributed by atoms with van der Waals surface area (Å²) in [6, 6.07) is 0. The number of rotatable bonds is 1. The highest BCUT2D eigenvalue weighted by Crippen LogP contribution is 2.77. The molecular weight excluding hydrogens is 376 g/mol. The number of hydrogen-bond acceptors (Lipinski definition) is 1. The third-order valence-corrected chi connectivity index (χ3v) is 13.2. The Morgan fingerprint density at radius 2 is 1.52 bits per heavy atom. The Bertz CT molecular complexity index is 807. The SMILES string of the molecule is C=C(C)[C@@H]1CC[C@]2(C)CC[C@]3(C)[C@H](CCC4[C@@]5(C)CCC(=O)C(C)(C)C5CC[C@]43C)C12. The molecule has 0 spiro atoms. The number of allylic oxidation sites excluding steroid dienone is 1. The van der Waals surface area contributed by atoms with Crippen LogP contribution < -0.4 is 0 Å². The fourth-order valence-electron chi connectivity index (χ4n) is 11.3. The van der Waals surface area contributed by atoms with Gasteiger partial charge in [-0.1, -0.05) is 53.7 Å². The molecule has 0 aromatic rings. The summed E-state index contributed by atoms with van der Waals surface area (Å²) in [5, 5.41) is 0. The van der Waals surface area contributed by atoms with E-state index in [1.807, 2.05) is 0 Å². The van der Waals surface area contributed by atoms with Crippen LogP contribution in [0.2, 0.25) is 0 Å². The Labute approximate surface area is 192 Å². The van der Waals surface area contributed by atoms with Gasteiger partial charge >= 0.3 is 0 Å². The summed E-state index contributed by atoms with van der Waals surface area (Å²) in [5.41, 5.74) is 3.06. The van der Waals surface area contributed by atoms with Crippen LogP contribution in [0.15, 0.2) is 12.2 Å². The van der Waals surface area contributed by atoms with Gasteiger partial charge < -0.3 is 0 Å². The van der Waals surface area contributed by atoms with E-state index in [4.69, 9.17) is 0 Å². The van der Waals surface area contributed by atoms with E-state index in [-0.39, 0.29) is 5.41 Å². The number of Topliss-reactive ketones (excluding diaryl/α,β-unsaturated/α-hetero) is 1. The highest BCUT2D eigenvalue weighted by molar-refractivity contribution is 5.85. The van der Waals surface area contributed by atoms with Crippen LogP contribution in [0.25, 0.3) is 0 Å². The number of hydrogen-bond donors (Lipinski definition) is 0. The van der Waals surface area contributed by atoms with E-state index >= 15 is 0 Å². The van der Waals surface area contributed by atoms with Crippen molar-refractivity contribution in [2.45, 2.75) is 113 Å². The molecule has 3 unspecified atom stereocenters. The molecule has 0 aromatic heterocycles. The molecule has 31 heavy (non-hydrogen) atoms. The van der Waals surface area contributed by atoms with Gasteiger partial charge in [-0.05, 0) is 116 Å².